The number of methoxy groups -OCH3 is 1. The van der Waals surface area contributed by atoms with Crippen LogP contribution in [0, 0.1) is 3.57 Å². The van der Waals surface area contributed by atoms with E-state index in [-0.39, 0.29) is 6.10 Å². The SMILES string of the molecule is CC[C@H](C)Oc1c(I)cc(C=Nn2c(=O)[nH]c3ccccc3c2=O)cc1OC. The van der Waals surface area contributed by atoms with E-state index in [2.05, 4.69) is 32.7 Å². The number of hydrogen-bond acceptors (Lipinski definition) is 5. The summed E-state index contributed by atoms with van der Waals surface area (Å²) in [4.78, 5) is 27.4. The number of nitrogens with zero attached hydrogens (tertiary/aromatic N) is 2. The highest BCUT2D eigenvalue weighted by molar-refractivity contribution is 14.1. The third-order valence-corrected chi connectivity index (χ3v) is 5.05. The normalized spacial score (nSPS) is 12.4. The molecule has 0 radical (unpaired) electrons. The Morgan fingerprint density at radius 2 is 2.04 bits per heavy atom. The van der Waals surface area contributed by atoms with Crippen molar-refractivity contribution in [3.8, 4) is 11.5 Å². The number of para-hydroxylation sites is 1. The highest BCUT2D eigenvalue weighted by Gasteiger charge is 2.14. The van der Waals surface area contributed by atoms with Gasteiger partial charge in [-0.2, -0.15) is 5.10 Å². The maximum absolute atomic E-state index is 12.6. The molecule has 0 aliphatic carbocycles. The lowest BCUT2D eigenvalue weighted by atomic mass is 10.2. The van der Waals surface area contributed by atoms with Crippen LogP contribution in [0.15, 0.2) is 51.1 Å². The fraction of sp³-hybridized carbons (Fsp3) is 0.250. The first kappa shape index (κ1) is 20.1. The highest BCUT2D eigenvalue weighted by Crippen LogP contribution is 2.34. The van der Waals surface area contributed by atoms with Gasteiger partial charge in [-0.05, 0) is 65.8 Å². The lowest BCUT2D eigenvalue weighted by Crippen LogP contribution is -2.32. The molecular weight excluding hydrogens is 473 g/mol. The summed E-state index contributed by atoms with van der Waals surface area (Å²) < 4.78 is 13.0. The Labute approximate surface area is 175 Å². The number of benzene rings is 2. The van der Waals surface area contributed by atoms with E-state index in [0.717, 1.165) is 14.7 Å². The Balaban J connectivity index is 2.01. The first-order chi connectivity index (χ1) is 13.4. The van der Waals surface area contributed by atoms with Crippen LogP contribution in [-0.4, -0.2) is 29.1 Å². The molecule has 1 N–H and O–H groups in total. The van der Waals surface area contributed by atoms with Gasteiger partial charge in [0.05, 0.1) is 33.9 Å². The van der Waals surface area contributed by atoms with E-state index >= 15 is 0 Å². The van der Waals surface area contributed by atoms with Crippen LogP contribution < -0.4 is 20.7 Å². The van der Waals surface area contributed by atoms with Gasteiger partial charge in [-0.25, -0.2) is 4.79 Å². The standard InChI is InChI=1S/C20H20IN3O4/c1-4-12(2)28-18-15(21)9-13(10-17(18)27-3)11-22-24-19(25)14-7-5-6-8-16(14)23-20(24)26/h5-12H,4H2,1-3H3,(H,23,26)/t12-/m0/s1. The summed E-state index contributed by atoms with van der Waals surface area (Å²) in [5, 5.41) is 4.48. The van der Waals surface area contributed by atoms with Gasteiger partial charge in [-0.1, -0.05) is 19.1 Å². The van der Waals surface area contributed by atoms with Gasteiger partial charge in [0.2, 0.25) is 0 Å². The number of aromatic nitrogens is 2. The van der Waals surface area contributed by atoms with Crippen LogP contribution in [0.4, 0.5) is 0 Å². The summed E-state index contributed by atoms with van der Waals surface area (Å²) in [6.07, 6.45) is 2.37. The molecule has 0 aliphatic rings. The quantitative estimate of drug-likeness (QED) is 0.422. The second kappa shape index (κ2) is 8.59. The Bertz CT molecular complexity index is 1150. The summed E-state index contributed by atoms with van der Waals surface area (Å²) in [6, 6.07) is 10.4. The van der Waals surface area contributed by atoms with Gasteiger partial charge in [-0.15, -0.1) is 4.68 Å². The molecule has 0 aliphatic heterocycles. The van der Waals surface area contributed by atoms with Crippen molar-refractivity contribution >= 4 is 39.7 Å². The number of halogens is 1. The molecule has 7 nitrogen and oxygen atoms in total. The predicted octanol–water partition coefficient (Wildman–Crippen LogP) is 3.36. The molecule has 146 valence electrons. The van der Waals surface area contributed by atoms with Crippen molar-refractivity contribution in [2.75, 3.05) is 7.11 Å². The number of rotatable bonds is 6. The second-order valence-electron chi connectivity index (χ2n) is 6.21. The van der Waals surface area contributed by atoms with Crippen molar-refractivity contribution in [2.24, 2.45) is 5.10 Å². The Hall–Kier alpha value is -2.62. The van der Waals surface area contributed by atoms with Crippen LogP contribution >= 0.6 is 22.6 Å². The number of fused-ring (bicyclic) bond motifs is 1. The number of H-pyrrole nitrogens is 1. The van der Waals surface area contributed by atoms with Gasteiger partial charge in [0.25, 0.3) is 5.56 Å². The lowest BCUT2D eigenvalue weighted by molar-refractivity contribution is 0.206. The van der Waals surface area contributed by atoms with Crippen LogP contribution in [0.1, 0.15) is 25.8 Å². The van der Waals surface area contributed by atoms with E-state index in [4.69, 9.17) is 9.47 Å². The van der Waals surface area contributed by atoms with Crippen molar-refractivity contribution in [1.29, 1.82) is 0 Å². The average Bonchev–Trinajstić information content (AvgIpc) is 2.69. The number of hydrogen-bond donors (Lipinski definition) is 1. The van der Waals surface area contributed by atoms with Crippen LogP contribution in [0.2, 0.25) is 0 Å². The van der Waals surface area contributed by atoms with Crippen LogP contribution in [-0.2, 0) is 0 Å². The molecule has 0 spiro atoms. The van der Waals surface area contributed by atoms with Crippen molar-refractivity contribution < 1.29 is 9.47 Å². The Morgan fingerprint density at radius 3 is 2.75 bits per heavy atom. The van der Waals surface area contributed by atoms with Crippen LogP contribution in [0.3, 0.4) is 0 Å². The summed E-state index contributed by atoms with van der Waals surface area (Å²) >= 11 is 2.16. The number of nitrogens with one attached hydrogen (secondary N) is 1. The van der Waals surface area contributed by atoms with Crippen LogP contribution in [0.5, 0.6) is 11.5 Å². The third-order valence-electron chi connectivity index (χ3n) is 4.25. The molecule has 0 saturated heterocycles. The molecular formula is C20H20IN3O4. The van der Waals surface area contributed by atoms with E-state index in [1.54, 1.807) is 37.4 Å². The summed E-state index contributed by atoms with van der Waals surface area (Å²) in [7, 11) is 1.56. The zero-order valence-electron chi connectivity index (χ0n) is 15.7. The maximum Gasteiger partial charge on any atom is 0.349 e. The second-order valence-corrected chi connectivity index (χ2v) is 7.37. The molecule has 3 rings (SSSR count). The van der Waals surface area contributed by atoms with Gasteiger partial charge in [-0.3, -0.25) is 4.79 Å². The number of aromatic amines is 1. The van der Waals surface area contributed by atoms with E-state index in [0.29, 0.717) is 28.0 Å². The Kier molecular flexibility index (Phi) is 6.18. The van der Waals surface area contributed by atoms with Crippen molar-refractivity contribution in [3.05, 3.63) is 66.4 Å². The van der Waals surface area contributed by atoms with E-state index < -0.39 is 11.2 Å². The fourth-order valence-electron chi connectivity index (χ4n) is 2.60. The topological polar surface area (TPSA) is 85.7 Å². The largest absolute Gasteiger partial charge is 0.493 e. The molecule has 0 amide bonds. The summed E-state index contributed by atoms with van der Waals surface area (Å²) in [5.41, 5.74) is 0.0799. The molecule has 28 heavy (non-hydrogen) atoms. The average molecular weight is 493 g/mol. The maximum atomic E-state index is 12.6. The zero-order chi connectivity index (χ0) is 20.3. The first-order valence-electron chi connectivity index (χ1n) is 8.77. The Morgan fingerprint density at radius 1 is 1.29 bits per heavy atom. The fourth-order valence-corrected chi connectivity index (χ4v) is 3.35. The molecule has 0 unspecified atom stereocenters. The molecule has 2 aromatic carbocycles. The predicted molar refractivity (Wildman–Crippen MR) is 118 cm³/mol. The van der Waals surface area contributed by atoms with Gasteiger partial charge in [0.1, 0.15) is 0 Å². The van der Waals surface area contributed by atoms with Gasteiger partial charge in [0.15, 0.2) is 11.5 Å². The van der Waals surface area contributed by atoms with Crippen molar-refractivity contribution in [3.63, 3.8) is 0 Å². The smallest absolute Gasteiger partial charge is 0.349 e. The van der Waals surface area contributed by atoms with Gasteiger partial charge in [0, 0.05) is 0 Å². The molecule has 8 heteroatoms. The molecule has 3 aromatic rings. The van der Waals surface area contributed by atoms with Gasteiger partial charge >= 0.3 is 5.69 Å². The minimum atomic E-state index is -0.599. The summed E-state index contributed by atoms with van der Waals surface area (Å²) in [5.74, 6) is 1.23. The lowest BCUT2D eigenvalue weighted by Gasteiger charge is -2.17. The summed E-state index contributed by atoms with van der Waals surface area (Å²) in [6.45, 7) is 4.03. The van der Waals surface area contributed by atoms with Crippen molar-refractivity contribution in [2.45, 2.75) is 26.4 Å². The molecule has 1 heterocycles. The van der Waals surface area contributed by atoms with E-state index in [1.807, 2.05) is 19.9 Å². The molecule has 0 fully saturated rings. The molecule has 0 bridgehead atoms. The number of ether oxygens (including phenoxy) is 2. The van der Waals surface area contributed by atoms with E-state index in [1.165, 1.54) is 6.21 Å². The minimum Gasteiger partial charge on any atom is -0.493 e. The highest BCUT2D eigenvalue weighted by atomic mass is 127. The van der Waals surface area contributed by atoms with Crippen LogP contribution in [0.25, 0.3) is 10.9 Å². The van der Waals surface area contributed by atoms with E-state index in [9.17, 15) is 9.59 Å². The zero-order valence-corrected chi connectivity index (χ0v) is 17.9. The monoisotopic (exact) mass is 493 g/mol. The molecule has 1 atom stereocenters. The first-order valence-corrected chi connectivity index (χ1v) is 9.85. The molecule has 0 saturated carbocycles. The molecule has 1 aromatic heterocycles. The third kappa shape index (κ3) is 4.11. The van der Waals surface area contributed by atoms with Gasteiger partial charge < -0.3 is 14.5 Å². The minimum absolute atomic E-state index is 0.0525. The van der Waals surface area contributed by atoms with Crippen molar-refractivity contribution in [1.82, 2.24) is 9.66 Å².